The van der Waals surface area contributed by atoms with Crippen LogP contribution in [0, 0.1) is 6.92 Å². The molecule has 0 aliphatic heterocycles. The number of thiophene rings is 1. The first-order valence-electron chi connectivity index (χ1n) is 8.24. The third-order valence-electron chi connectivity index (χ3n) is 3.53. The van der Waals surface area contributed by atoms with Gasteiger partial charge >= 0.3 is 11.9 Å². The Bertz CT molecular complexity index is 824. The molecule has 0 unspecified atom stereocenters. The van der Waals surface area contributed by atoms with Gasteiger partial charge in [-0.15, -0.1) is 11.3 Å². The molecule has 0 saturated heterocycles. The van der Waals surface area contributed by atoms with E-state index in [9.17, 15) is 14.4 Å². The van der Waals surface area contributed by atoms with E-state index in [-0.39, 0.29) is 28.7 Å². The summed E-state index contributed by atoms with van der Waals surface area (Å²) in [7, 11) is 0. The molecule has 2 aromatic heterocycles. The largest absolute Gasteiger partial charge is 0.462 e. The molecule has 0 aliphatic carbocycles. The van der Waals surface area contributed by atoms with Gasteiger partial charge < -0.3 is 14.8 Å². The predicted molar refractivity (Wildman–Crippen MR) is 96.8 cm³/mol. The summed E-state index contributed by atoms with van der Waals surface area (Å²) in [5.74, 6) is -1.57. The predicted octanol–water partition coefficient (Wildman–Crippen LogP) is 2.88. The van der Waals surface area contributed by atoms with Crippen LogP contribution in [0.5, 0.6) is 0 Å². The zero-order valence-electron chi connectivity index (χ0n) is 15.1. The first-order chi connectivity index (χ1) is 12.4. The van der Waals surface area contributed by atoms with E-state index in [4.69, 9.17) is 9.47 Å². The molecule has 0 radical (unpaired) electrons. The standard InChI is InChI=1S/C17H21N3O5S/c1-5-20-9-11(8-18-20)14(21)19-15-12(16(22)24-6-2)10(4)13(26-15)17(23)25-7-3/h8-9H,5-7H2,1-4H3,(H,19,21). The number of esters is 2. The van der Waals surface area contributed by atoms with Gasteiger partial charge in [0.2, 0.25) is 0 Å². The van der Waals surface area contributed by atoms with Gasteiger partial charge in [-0.2, -0.15) is 5.10 Å². The second-order valence-electron chi connectivity index (χ2n) is 5.24. The van der Waals surface area contributed by atoms with E-state index < -0.39 is 17.8 Å². The highest BCUT2D eigenvalue weighted by Crippen LogP contribution is 2.34. The van der Waals surface area contributed by atoms with E-state index in [2.05, 4.69) is 10.4 Å². The van der Waals surface area contributed by atoms with Crippen molar-refractivity contribution in [3.63, 3.8) is 0 Å². The van der Waals surface area contributed by atoms with Crippen LogP contribution in [0.15, 0.2) is 12.4 Å². The molecule has 0 bridgehead atoms. The van der Waals surface area contributed by atoms with E-state index in [0.717, 1.165) is 11.3 Å². The van der Waals surface area contributed by atoms with Crippen LogP contribution >= 0.6 is 11.3 Å². The average Bonchev–Trinajstić information content (AvgIpc) is 3.20. The number of nitrogens with one attached hydrogen (secondary N) is 1. The highest BCUT2D eigenvalue weighted by Gasteiger charge is 2.27. The summed E-state index contributed by atoms with van der Waals surface area (Å²) in [6.07, 6.45) is 3.04. The molecule has 0 aromatic carbocycles. The third kappa shape index (κ3) is 4.10. The van der Waals surface area contributed by atoms with Gasteiger partial charge in [0, 0.05) is 12.7 Å². The normalized spacial score (nSPS) is 10.5. The molecule has 0 aliphatic rings. The summed E-state index contributed by atoms with van der Waals surface area (Å²) in [5, 5.41) is 6.98. The van der Waals surface area contributed by atoms with Crippen molar-refractivity contribution in [2.24, 2.45) is 0 Å². The molecule has 0 fully saturated rings. The number of carbonyl (C=O) groups excluding carboxylic acids is 3. The second-order valence-corrected chi connectivity index (χ2v) is 6.26. The fraction of sp³-hybridized carbons (Fsp3) is 0.412. The van der Waals surface area contributed by atoms with E-state index in [0.29, 0.717) is 17.7 Å². The summed E-state index contributed by atoms with van der Waals surface area (Å²) >= 11 is 0.989. The SMILES string of the molecule is CCOC(=O)c1sc(NC(=O)c2cnn(CC)c2)c(C(=O)OCC)c1C. The third-order valence-corrected chi connectivity index (χ3v) is 4.72. The second kappa shape index (κ2) is 8.61. The van der Waals surface area contributed by atoms with Gasteiger partial charge in [0.1, 0.15) is 9.88 Å². The van der Waals surface area contributed by atoms with E-state index >= 15 is 0 Å². The smallest absolute Gasteiger partial charge is 0.348 e. The van der Waals surface area contributed by atoms with Gasteiger partial charge in [-0.05, 0) is 33.3 Å². The molecule has 2 aromatic rings. The Morgan fingerprint density at radius 3 is 2.38 bits per heavy atom. The Labute approximate surface area is 155 Å². The molecule has 0 atom stereocenters. The van der Waals surface area contributed by atoms with Crippen molar-refractivity contribution in [1.29, 1.82) is 0 Å². The topological polar surface area (TPSA) is 99.5 Å². The first-order valence-corrected chi connectivity index (χ1v) is 9.05. The molecule has 0 spiro atoms. The number of ether oxygens (including phenoxy) is 2. The fourth-order valence-electron chi connectivity index (χ4n) is 2.27. The Morgan fingerprint density at radius 2 is 1.81 bits per heavy atom. The number of amides is 1. The quantitative estimate of drug-likeness (QED) is 0.743. The Balaban J connectivity index is 2.38. The minimum absolute atomic E-state index is 0.163. The van der Waals surface area contributed by atoms with Crippen molar-refractivity contribution in [3.8, 4) is 0 Å². The van der Waals surface area contributed by atoms with Gasteiger partial charge in [0.05, 0.1) is 30.5 Å². The van der Waals surface area contributed by atoms with Crippen molar-refractivity contribution in [2.75, 3.05) is 18.5 Å². The lowest BCUT2D eigenvalue weighted by Gasteiger charge is -2.06. The number of anilines is 1. The number of aryl methyl sites for hydroxylation is 1. The molecule has 8 nitrogen and oxygen atoms in total. The molecule has 0 saturated carbocycles. The van der Waals surface area contributed by atoms with Gasteiger partial charge in [0.25, 0.3) is 5.91 Å². The molecular formula is C17H21N3O5S. The van der Waals surface area contributed by atoms with Crippen molar-refractivity contribution in [1.82, 2.24) is 9.78 Å². The van der Waals surface area contributed by atoms with Gasteiger partial charge in [-0.1, -0.05) is 0 Å². The minimum atomic E-state index is -0.601. The van der Waals surface area contributed by atoms with Crippen LogP contribution in [-0.4, -0.2) is 40.8 Å². The summed E-state index contributed by atoms with van der Waals surface area (Å²) in [5.41, 5.74) is 0.938. The minimum Gasteiger partial charge on any atom is -0.462 e. The zero-order valence-corrected chi connectivity index (χ0v) is 15.9. The average molecular weight is 379 g/mol. The van der Waals surface area contributed by atoms with E-state index in [1.54, 1.807) is 31.6 Å². The van der Waals surface area contributed by atoms with Crippen LogP contribution < -0.4 is 5.32 Å². The number of hydrogen-bond donors (Lipinski definition) is 1. The van der Waals surface area contributed by atoms with Gasteiger partial charge in [-0.3, -0.25) is 9.48 Å². The molecule has 140 valence electrons. The summed E-state index contributed by atoms with van der Waals surface area (Å²) < 4.78 is 11.7. The maximum atomic E-state index is 12.5. The van der Waals surface area contributed by atoms with Crippen LogP contribution in [0.2, 0.25) is 0 Å². The summed E-state index contributed by atoms with van der Waals surface area (Å²) in [6, 6.07) is 0. The zero-order chi connectivity index (χ0) is 19.3. The first kappa shape index (κ1) is 19.6. The lowest BCUT2D eigenvalue weighted by Crippen LogP contribution is -2.14. The van der Waals surface area contributed by atoms with Crippen LogP contribution in [0.1, 0.15) is 56.7 Å². The lowest BCUT2D eigenvalue weighted by molar-refractivity contribution is 0.0527. The van der Waals surface area contributed by atoms with Crippen molar-refractivity contribution in [2.45, 2.75) is 34.2 Å². The maximum Gasteiger partial charge on any atom is 0.348 e. The lowest BCUT2D eigenvalue weighted by atomic mass is 10.1. The Hall–Kier alpha value is -2.68. The molecule has 1 N–H and O–H groups in total. The fourth-order valence-corrected chi connectivity index (χ4v) is 3.35. The van der Waals surface area contributed by atoms with Crippen LogP contribution in [0.4, 0.5) is 5.00 Å². The number of carbonyl (C=O) groups is 3. The van der Waals surface area contributed by atoms with Crippen LogP contribution in [0.3, 0.4) is 0 Å². The maximum absolute atomic E-state index is 12.5. The number of nitrogens with zero attached hydrogens (tertiary/aromatic N) is 2. The Morgan fingerprint density at radius 1 is 1.15 bits per heavy atom. The van der Waals surface area contributed by atoms with Gasteiger partial charge in [0.15, 0.2) is 0 Å². The molecule has 26 heavy (non-hydrogen) atoms. The van der Waals surface area contributed by atoms with Crippen molar-refractivity contribution >= 4 is 34.2 Å². The van der Waals surface area contributed by atoms with Crippen molar-refractivity contribution < 1.29 is 23.9 Å². The molecule has 2 rings (SSSR count). The van der Waals surface area contributed by atoms with E-state index in [1.165, 1.54) is 6.20 Å². The molecule has 2 heterocycles. The van der Waals surface area contributed by atoms with Crippen LogP contribution in [-0.2, 0) is 16.0 Å². The number of aromatic nitrogens is 2. The molecule has 9 heteroatoms. The summed E-state index contributed by atoms with van der Waals surface area (Å²) in [4.78, 5) is 37.2. The van der Waals surface area contributed by atoms with E-state index in [1.807, 2.05) is 6.92 Å². The molecular weight excluding hydrogens is 358 g/mol. The Kier molecular flexibility index (Phi) is 6.51. The van der Waals surface area contributed by atoms with Gasteiger partial charge in [-0.25, -0.2) is 9.59 Å². The highest BCUT2D eigenvalue weighted by atomic mass is 32.1. The highest BCUT2D eigenvalue weighted by molar-refractivity contribution is 7.18. The van der Waals surface area contributed by atoms with Crippen molar-refractivity contribution in [3.05, 3.63) is 34.0 Å². The monoisotopic (exact) mass is 379 g/mol. The number of hydrogen-bond acceptors (Lipinski definition) is 7. The summed E-state index contributed by atoms with van der Waals surface area (Å²) in [6.45, 7) is 7.93. The van der Waals surface area contributed by atoms with Crippen LogP contribution in [0.25, 0.3) is 0 Å². The molecule has 1 amide bonds. The number of rotatable bonds is 7.